The van der Waals surface area contributed by atoms with Gasteiger partial charge in [-0.1, -0.05) is 0 Å². The van der Waals surface area contributed by atoms with Gasteiger partial charge in [0.25, 0.3) is 0 Å². The lowest BCUT2D eigenvalue weighted by molar-refractivity contribution is 0.715. The van der Waals surface area contributed by atoms with Crippen LogP contribution in [0.15, 0.2) is 24.8 Å². The highest BCUT2D eigenvalue weighted by Crippen LogP contribution is 2.41. The summed E-state index contributed by atoms with van der Waals surface area (Å²) in [6.07, 6.45) is 9.46. The van der Waals surface area contributed by atoms with Gasteiger partial charge in [0.1, 0.15) is 0 Å². The molecule has 4 heteroatoms. The number of hydrogen-bond acceptors (Lipinski definition) is 3. The third-order valence-electron chi connectivity index (χ3n) is 2.56. The Hall–Kier alpha value is -1.42. The third-order valence-corrected chi connectivity index (χ3v) is 2.56. The summed E-state index contributed by atoms with van der Waals surface area (Å²) in [7, 11) is 0. The molecule has 0 amide bonds. The number of imidazole rings is 1. The van der Waals surface area contributed by atoms with Gasteiger partial charge < -0.3 is 10.1 Å². The molecule has 0 saturated heterocycles. The molecule has 3 rings (SSSR count). The van der Waals surface area contributed by atoms with Crippen molar-refractivity contribution in [1.29, 1.82) is 0 Å². The van der Waals surface area contributed by atoms with Gasteiger partial charge in [-0.2, -0.15) is 0 Å². The molecule has 1 aliphatic carbocycles. The molecule has 0 bridgehead atoms. The second-order valence-electron chi connectivity index (χ2n) is 3.62. The zero-order valence-electron chi connectivity index (χ0n) is 7.14. The number of hydrogen-bond donors (Lipinski definition) is 1. The summed E-state index contributed by atoms with van der Waals surface area (Å²) >= 11 is 0. The Morgan fingerprint density at radius 1 is 1.46 bits per heavy atom. The van der Waals surface area contributed by atoms with Crippen molar-refractivity contribution in [3.63, 3.8) is 0 Å². The van der Waals surface area contributed by atoms with Gasteiger partial charge in [-0.05, 0) is 12.8 Å². The monoisotopic (exact) mass is 174 g/mol. The summed E-state index contributed by atoms with van der Waals surface area (Å²) in [5.74, 6) is 0. The van der Waals surface area contributed by atoms with Crippen LogP contribution in [0.25, 0.3) is 5.65 Å². The second-order valence-corrected chi connectivity index (χ2v) is 3.62. The Morgan fingerprint density at radius 2 is 2.31 bits per heavy atom. The van der Waals surface area contributed by atoms with Crippen LogP contribution in [-0.2, 0) is 5.54 Å². The molecule has 0 spiro atoms. The predicted octanol–water partition coefficient (Wildman–Crippen LogP) is 0.677. The Kier molecular flexibility index (Phi) is 1.13. The van der Waals surface area contributed by atoms with Gasteiger partial charge in [0.05, 0.1) is 17.4 Å². The summed E-state index contributed by atoms with van der Waals surface area (Å²) in [6, 6.07) is 0. The Morgan fingerprint density at radius 3 is 3.00 bits per heavy atom. The number of rotatable bonds is 1. The molecule has 0 atom stereocenters. The molecule has 66 valence electrons. The van der Waals surface area contributed by atoms with E-state index in [0.717, 1.165) is 24.2 Å². The minimum atomic E-state index is -0.147. The van der Waals surface area contributed by atoms with Crippen LogP contribution in [-0.4, -0.2) is 14.4 Å². The fourth-order valence-corrected chi connectivity index (χ4v) is 1.47. The van der Waals surface area contributed by atoms with Crippen molar-refractivity contribution in [1.82, 2.24) is 14.4 Å². The van der Waals surface area contributed by atoms with Crippen LogP contribution in [0, 0.1) is 0 Å². The van der Waals surface area contributed by atoms with Crippen molar-refractivity contribution >= 4 is 5.65 Å². The molecule has 2 aromatic heterocycles. The zero-order chi connectivity index (χ0) is 8.89. The van der Waals surface area contributed by atoms with Crippen molar-refractivity contribution in [3.05, 3.63) is 30.5 Å². The molecule has 2 heterocycles. The largest absolute Gasteiger partial charge is 0.320 e. The average molecular weight is 174 g/mol. The van der Waals surface area contributed by atoms with Crippen LogP contribution >= 0.6 is 0 Å². The zero-order valence-corrected chi connectivity index (χ0v) is 7.14. The topological polar surface area (TPSA) is 56.2 Å². The number of nitrogens with two attached hydrogens (primary N) is 1. The van der Waals surface area contributed by atoms with E-state index < -0.39 is 0 Å². The molecule has 0 unspecified atom stereocenters. The minimum Gasteiger partial charge on any atom is -0.320 e. The van der Waals surface area contributed by atoms with E-state index in [1.165, 1.54) is 0 Å². The maximum atomic E-state index is 6.04. The molecule has 1 aliphatic rings. The van der Waals surface area contributed by atoms with Crippen molar-refractivity contribution in [2.45, 2.75) is 18.4 Å². The molecule has 1 saturated carbocycles. The van der Waals surface area contributed by atoms with E-state index in [4.69, 9.17) is 5.73 Å². The molecule has 0 aromatic carbocycles. The molecule has 4 nitrogen and oxygen atoms in total. The Balaban J connectivity index is 2.22. The van der Waals surface area contributed by atoms with Crippen molar-refractivity contribution in [3.8, 4) is 0 Å². The van der Waals surface area contributed by atoms with E-state index in [1.807, 2.05) is 16.8 Å². The molecular weight excluding hydrogens is 164 g/mol. The lowest BCUT2D eigenvalue weighted by Crippen LogP contribution is -2.18. The second kappa shape index (κ2) is 2.09. The molecule has 2 N–H and O–H groups in total. The third kappa shape index (κ3) is 0.954. The lowest BCUT2D eigenvalue weighted by atomic mass is 10.2. The summed E-state index contributed by atoms with van der Waals surface area (Å²) in [5, 5.41) is 0. The predicted molar refractivity (Wildman–Crippen MR) is 48.1 cm³/mol. The first-order valence-corrected chi connectivity index (χ1v) is 4.36. The van der Waals surface area contributed by atoms with Crippen molar-refractivity contribution in [2.24, 2.45) is 5.73 Å². The quantitative estimate of drug-likeness (QED) is 0.691. The van der Waals surface area contributed by atoms with E-state index in [1.54, 1.807) is 12.4 Å². The van der Waals surface area contributed by atoms with E-state index in [9.17, 15) is 0 Å². The molecule has 0 aliphatic heterocycles. The smallest absolute Gasteiger partial charge is 0.155 e. The first-order chi connectivity index (χ1) is 6.28. The van der Waals surface area contributed by atoms with Gasteiger partial charge in [0.15, 0.2) is 5.65 Å². The van der Waals surface area contributed by atoms with Gasteiger partial charge in [0.2, 0.25) is 0 Å². The molecule has 1 fully saturated rings. The van der Waals surface area contributed by atoms with Gasteiger partial charge in [0, 0.05) is 18.6 Å². The van der Waals surface area contributed by atoms with E-state index in [0.29, 0.717) is 0 Å². The summed E-state index contributed by atoms with van der Waals surface area (Å²) in [4.78, 5) is 8.43. The van der Waals surface area contributed by atoms with Crippen LogP contribution in [0.2, 0.25) is 0 Å². The maximum Gasteiger partial charge on any atom is 0.155 e. The summed E-state index contributed by atoms with van der Waals surface area (Å²) < 4.78 is 1.95. The Labute approximate surface area is 75.4 Å². The molecular formula is C9H10N4. The van der Waals surface area contributed by atoms with Crippen LogP contribution in [0.4, 0.5) is 0 Å². The number of aromatic nitrogens is 3. The highest BCUT2D eigenvalue weighted by Gasteiger charge is 2.42. The Bertz CT molecular complexity index is 422. The van der Waals surface area contributed by atoms with Crippen molar-refractivity contribution in [2.75, 3.05) is 0 Å². The molecule has 0 radical (unpaired) electrons. The summed E-state index contributed by atoms with van der Waals surface area (Å²) in [6.45, 7) is 0. The van der Waals surface area contributed by atoms with Gasteiger partial charge >= 0.3 is 0 Å². The van der Waals surface area contributed by atoms with Crippen molar-refractivity contribution < 1.29 is 0 Å². The van der Waals surface area contributed by atoms with Gasteiger partial charge in [-0.15, -0.1) is 0 Å². The van der Waals surface area contributed by atoms with Crippen LogP contribution in [0.1, 0.15) is 18.5 Å². The number of fused-ring (bicyclic) bond motifs is 1. The van der Waals surface area contributed by atoms with Gasteiger partial charge in [-0.25, -0.2) is 4.98 Å². The lowest BCUT2D eigenvalue weighted by Gasteiger charge is -2.00. The van der Waals surface area contributed by atoms with Crippen LogP contribution < -0.4 is 5.73 Å². The first kappa shape index (κ1) is 7.03. The highest BCUT2D eigenvalue weighted by molar-refractivity contribution is 5.39. The maximum absolute atomic E-state index is 6.04. The fraction of sp³-hybridized carbons (Fsp3) is 0.333. The van der Waals surface area contributed by atoms with E-state index in [2.05, 4.69) is 9.97 Å². The fourth-order valence-electron chi connectivity index (χ4n) is 1.47. The van der Waals surface area contributed by atoms with E-state index in [-0.39, 0.29) is 5.54 Å². The minimum absolute atomic E-state index is 0.147. The summed E-state index contributed by atoms with van der Waals surface area (Å²) in [5.41, 5.74) is 7.74. The van der Waals surface area contributed by atoms with Crippen LogP contribution in [0.3, 0.4) is 0 Å². The number of nitrogens with zero attached hydrogens (tertiary/aromatic N) is 3. The normalized spacial score (nSPS) is 19.2. The van der Waals surface area contributed by atoms with E-state index >= 15 is 0 Å². The molecule has 13 heavy (non-hydrogen) atoms. The van der Waals surface area contributed by atoms with Crippen LogP contribution in [0.5, 0.6) is 0 Å². The standard InChI is InChI=1S/C9H10N4/c10-9(1-2-9)7-6-13-4-3-11-5-8(13)12-7/h3-6H,1-2,10H2. The first-order valence-electron chi connectivity index (χ1n) is 4.36. The molecule has 2 aromatic rings. The SMILES string of the molecule is NC1(c2cn3ccncc3n2)CC1. The van der Waals surface area contributed by atoms with Gasteiger partial charge in [-0.3, -0.25) is 4.98 Å². The average Bonchev–Trinajstić information content (AvgIpc) is 2.76. The highest BCUT2D eigenvalue weighted by atomic mass is 15.0.